The van der Waals surface area contributed by atoms with Crippen molar-refractivity contribution in [3.63, 3.8) is 0 Å². The molecule has 0 unspecified atom stereocenters. The van der Waals surface area contributed by atoms with Gasteiger partial charge in [-0.05, 0) is 31.6 Å². The number of aromatic amines is 1. The van der Waals surface area contributed by atoms with Crippen molar-refractivity contribution in [2.45, 2.75) is 32.4 Å². The van der Waals surface area contributed by atoms with Gasteiger partial charge in [-0.25, -0.2) is 0 Å². The number of nitrogens with one attached hydrogen (secondary N) is 1. The van der Waals surface area contributed by atoms with E-state index in [1.54, 1.807) is 0 Å². The van der Waals surface area contributed by atoms with Crippen LogP contribution in [0.3, 0.4) is 0 Å². The molecule has 5 heteroatoms. The van der Waals surface area contributed by atoms with Crippen molar-refractivity contribution in [1.82, 2.24) is 4.98 Å². The van der Waals surface area contributed by atoms with Gasteiger partial charge in [0.1, 0.15) is 12.1 Å². The molecule has 1 aromatic heterocycles. The second-order valence-electron chi connectivity index (χ2n) is 5.68. The molecule has 2 heterocycles. The van der Waals surface area contributed by atoms with Crippen molar-refractivity contribution in [1.29, 1.82) is 0 Å². The Morgan fingerprint density at radius 2 is 2.14 bits per heavy atom. The molecule has 1 aliphatic heterocycles. The van der Waals surface area contributed by atoms with E-state index in [4.69, 9.17) is 5.11 Å². The summed E-state index contributed by atoms with van der Waals surface area (Å²) in [6.45, 7) is 4.07. The quantitative estimate of drug-likeness (QED) is 0.683. The van der Waals surface area contributed by atoms with E-state index in [2.05, 4.69) is 17.1 Å². The highest BCUT2D eigenvalue weighted by Gasteiger charge is 2.28. The van der Waals surface area contributed by atoms with Crippen LogP contribution in [0, 0.1) is 0 Å². The zero-order valence-corrected chi connectivity index (χ0v) is 13.1. The van der Waals surface area contributed by atoms with E-state index in [9.17, 15) is 9.90 Å². The summed E-state index contributed by atoms with van der Waals surface area (Å²) in [6, 6.07) is 5.58. The van der Waals surface area contributed by atoms with E-state index in [-0.39, 0.29) is 6.04 Å². The molecule has 0 saturated heterocycles. The van der Waals surface area contributed by atoms with Crippen molar-refractivity contribution in [2.75, 3.05) is 7.11 Å². The predicted octanol–water partition coefficient (Wildman–Crippen LogP) is 0.0217. The smallest absolute Gasteiger partial charge is 0.132 e. The Balaban J connectivity index is 0.000000847. The summed E-state index contributed by atoms with van der Waals surface area (Å²) in [5.74, 6) is -1.00. The van der Waals surface area contributed by atoms with Crippen LogP contribution >= 0.6 is 0 Å². The Labute approximate surface area is 129 Å². The summed E-state index contributed by atoms with van der Waals surface area (Å²) < 4.78 is 0. The third-order valence-corrected chi connectivity index (χ3v) is 3.87. The van der Waals surface area contributed by atoms with Crippen LogP contribution < -0.4 is 10.4 Å². The number of aliphatic carboxylic acids is 1. The van der Waals surface area contributed by atoms with Crippen molar-refractivity contribution >= 4 is 16.9 Å². The van der Waals surface area contributed by atoms with Crippen LogP contribution in [-0.4, -0.2) is 29.2 Å². The summed E-state index contributed by atoms with van der Waals surface area (Å²) in [7, 11) is 1.00. The molecular weight excluding hydrogens is 280 g/mol. The molecule has 0 fully saturated rings. The molecule has 1 aliphatic rings. The number of carbonyl (C=O) groups excluding carboxylic acids is 1. The van der Waals surface area contributed by atoms with Gasteiger partial charge in [-0.3, -0.25) is 0 Å². The number of aliphatic hydroxyl groups is 1. The number of rotatable bonds is 2. The first-order chi connectivity index (χ1) is 10.6. The van der Waals surface area contributed by atoms with Gasteiger partial charge in [-0.15, -0.1) is 0 Å². The molecule has 0 radical (unpaired) electrons. The van der Waals surface area contributed by atoms with Gasteiger partial charge in [0.2, 0.25) is 0 Å². The Bertz CT molecular complexity index is 699. The number of aliphatic hydroxyl groups excluding tert-OH is 1. The lowest BCUT2D eigenvalue weighted by Crippen LogP contribution is -2.93. The molecule has 0 aliphatic carbocycles. The third-order valence-electron chi connectivity index (χ3n) is 3.87. The largest absolute Gasteiger partial charge is 0.544 e. The van der Waals surface area contributed by atoms with Gasteiger partial charge in [0.25, 0.3) is 0 Å². The molecule has 0 amide bonds. The number of hydrogen-bond acceptors (Lipinski definition) is 3. The number of hydrogen-bond donors (Lipinski definition) is 3. The van der Waals surface area contributed by atoms with Crippen LogP contribution in [0.5, 0.6) is 0 Å². The first-order valence-corrected chi connectivity index (χ1v) is 7.30. The van der Waals surface area contributed by atoms with Crippen LogP contribution in [0.15, 0.2) is 36.0 Å². The predicted molar refractivity (Wildman–Crippen MR) is 83.0 cm³/mol. The fraction of sp³-hybridized carbons (Fsp3) is 0.353. The summed E-state index contributed by atoms with van der Waals surface area (Å²) in [6.07, 6.45) is 4.53. The van der Waals surface area contributed by atoms with E-state index in [0.717, 1.165) is 23.6 Å². The number of carbonyl (C=O) groups is 1. The normalized spacial score (nSPS) is 19.8. The highest BCUT2D eigenvalue weighted by atomic mass is 16.4. The van der Waals surface area contributed by atoms with E-state index in [0.29, 0.717) is 6.42 Å². The van der Waals surface area contributed by atoms with Crippen molar-refractivity contribution < 1.29 is 20.3 Å². The van der Waals surface area contributed by atoms with Crippen molar-refractivity contribution in [3.05, 3.63) is 47.2 Å². The lowest BCUT2D eigenvalue weighted by Gasteiger charge is -2.19. The number of aromatic nitrogens is 1. The standard InChI is InChI=1S/C16H18N2O2.CH4O/c1-9(2)6-13-11-4-3-5-12-15(11)10(8-17-12)7-14(18-13)16(19)20;1-2/h3-6,8,13-14,17-18H,7H2,1-2H3,(H,19,20);2H,1H3/t13-,14-;/m0./s1. The molecule has 1 aromatic carbocycles. The van der Waals surface area contributed by atoms with Crippen LogP contribution in [0.25, 0.3) is 10.9 Å². The van der Waals surface area contributed by atoms with E-state index >= 15 is 0 Å². The van der Waals surface area contributed by atoms with Gasteiger partial charge in [-0.1, -0.05) is 17.7 Å². The summed E-state index contributed by atoms with van der Waals surface area (Å²) >= 11 is 0. The van der Waals surface area contributed by atoms with Crippen molar-refractivity contribution in [3.8, 4) is 0 Å². The summed E-state index contributed by atoms with van der Waals surface area (Å²) in [5, 5.41) is 21.4. The second-order valence-corrected chi connectivity index (χ2v) is 5.68. The molecule has 4 N–H and O–H groups in total. The van der Waals surface area contributed by atoms with Gasteiger partial charge < -0.3 is 25.3 Å². The first kappa shape index (κ1) is 16.3. The highest BCUT2D eigenvalue weighted by Crippen LogP contribution is 2.29. The lowest BCUT2D eigenvalue weighted by atomic mass is 9.99. The minimum absolute atomic E-state index is 0.0173. The lowest BCUT2D eigenvalue weighted by molar-refractivity contribution is -0.711. The Kier molecular flexibility index (Phi) is 5.00. The van der Waals surface area contributed by atoms with Gasteiger partial charge in [0, 0.05) is 36.2 Å². The average molecular weight is 302 g/mol. The number of carboxylic acid groups (broad SMARTS) is 1. The Morgan fingerprint density at radius 3 is 2.77 bits per heavy atom. The monoisotopic (exact) mass is 302 g/mol. The zero-order chi connectivity index (χ0) is 16.3. The maximum atomic E-state index is 11.4. The first-order valence-electron chi connectivity index (χ1n) is 7.30. The molecule has 2 atom stereocenters. The maximum absolute atomic E-state index is 11.4. The van der Waals surface area contributed by atoms with E-state index in [1.807, 2.05) is 37.5 Å². The SMILES string of the molecule is CC(C)=C[C@@H]1[NH2+][C@H](C(=O)[O-])Cc2c[nH]c3cccc1c23.CO. The number of quaternary nitrogens is 1. The van der Waals surface area contributed by atoms with E-state index in [1.165, 1.54) is 11.1 Å². The number of nitrogens with two attached hydrogens (primary N) is 1. The fourth-order valence-corrected chi connectivity index (χ4v) is 3.05. The molecule has 22 heavy (non-hydrogen) atoms. The molecule has 5 nitrogen and oxygen atoms in total. The number of allylic oxidation sites excluding steroid dienone is 1. The molecule has 0 bridgehead atoms. The van der Waals surface area contributed by atoms with Crippen LogP contribution in [0.2, 0.25) is 0 Å². The molecule has 2 aromatic rings. The van der Waals surface area contributed by atoms with Gasteiger partial charge in [0.05, 0.1) is 5.97 Å². The molecule has 0 saturated carbocycles. The minimum atomic E-state index is -1.00. The van der Waals surface area contributed by atoms with Gasteiger partial charge in [0.15, 0.2) is 0 Å². The van der Waals surface area contributed by atoms with Crippen LogP contribution in [-0.2, 0) is 11.2 Å². The van der Waals surface area contributed by atoms with E-state index < -0.39 is 12.0 Å². The van der Waals surface area contributed by atoms with Crippen LogP contribution in [0.1, 0.15) is 31.0 Å². The minimum Gasteiger partial charge on any atom is -0.544 e. The fourth-order valence-electron chi connectivity index (χ4n) is 3.05. The second kappa shape index (κ2) is 6.77. The molecule has 118 valence electrons. The average Bonchev–Trinajstić information content (AvgIpc) is 2.82. The highest BCUT2D eigenvalue weighted by molar-refractivity contribution is 5.88. The van der Waals surface area contributed by atoms with Gasteiger partial charge >= 0.3 is 0 Å². The Morgan fingerprint density at radius 1 is 1.41 bits per heavy atom. The number of H-pyrrole nitrogens is 1. The molecular formula is C17H22N2O3. The summed E-state index contributed by atoms with van der Waals surface area (Å²) in [4.78, 5) is 14.6. The summed E-state index contributed by atoms with van der Waals surface area (Å²) in [5.41, 5.74) is 4.48. The third kappa shape index (κ3) is 3.05. The van der Waals surface area contributed by atoms with Crippen molar-refractivity contribution in [2.24, 2.45) is 0 Å². The molecule has 0 spiro atoms. The topological polar surface area (TPSA) is 92.8 Å². The Hall–Kier alpha value is -2.11. The number of carboxylic acids is 1. The number of benzene rings is 1. The zero-order valence-electron chi connectivity index (χ0n) is 13.1. The van der Waals surface area contributed by atoms with Gasteiger partial charge in [-0.2, -0.15) is 0 Å². The van der Waals surface area contributed by atoms with Crippen LogP contribution in [0.4, 0.5) is 0 Å². The molecule has 3 rings (SSSR count). The maximum Gasteiger partial charge on any atom is 0.132 e.